The molecule has 4 rings (SSSR count). The zero-order valence-corrected chi connectivity index (χ0v) is 17.1. The fraction of sp³-hybridized carbons (Fsp3) is 0.217. The van der Waals surface area contributed by atoms with Gasteiger partial charge in [0.25, 0.3) is 0 Å². The summed E-state index contributed by atoms with van der Waals surface area (Å²) >= 11 is 0. The van der Waals surface area contributed by atoms with Crippen molar-refractivity contribution in [2.75, 3.05) is 17.2 Å². The zero-order chi connectivity index (χ0) is 21.3. The van der Waals surface area contributed by atoms with E-state index in [1.165, 1.54) is 18.2 Å². The molecule has 0 saturated heterocycles. The smallest absolute Gasteiger partial charge is 0.147 e. The van der Waals surface area contributed by atoms with E-state index in [0.29, 0.717) is 29.5 Å². The Bertz CT molecular complexity index is 1200. The first-order valence-corrected chi connectivity index (χ1v) is 9.79. The van der Waals surface area contributed by atoms with Crippen LogP contribution in [-0.4, -0.2) is 21.5 Å². The molecule has 30 heavy (non-hydrogen) atoms. The van der Waals surface area contributed by atoms with Gasteiger partial charge in [-0.15, -0.1) is 0 Å². The summed E-state index contributed by atoms with van der Waals surface area (Å²) in [5, 5.41) is 7.44. The molecule has 2 aromatic carbocycles. The van der Waals surface area contributed by atoms with Crippen molar-refractivity contribution in [2.24, 2.45) is 0 Å². The molecule has 2 heterocycles. The van der Waals surface area contributed by atoms with Gasteiger partial charge in [-0.2, -0.15) is 0 Å². The predicted octanol–water partition coefficient (Wildman–Crippen LogP) is 5.56. The second kappa shape index (κ2) is 8.10. The molecule has 0 amide bonds. The summed E-state index contributed by atoms with van der Waals surface area (Å²) in [4.78, 5) is 12.0. The van der Waals surface area contributed by atoms with Crippen LogP contribution in [0.5, 0.6) is 0 Å². The van der Waals surface area contributed by atoms with Crippen LogP contribution in [-0.2, 0) is 6.42 Å². The van der Waals surface area contributed by atoms with Crippen LogP contribution in [0.1, 0.15) is 22.6 Å². The van der Waals surface area contributed by atoms with E-state index in [4.69, 9.17) is 0 Å². The topological polar surface area (TPSA) is 65.6 Å². The Hall–Kier alpha value is -3.48. The van der Waals surface area contributed by atoms with E-state index in [9.17, 15) is 8.78 Å². The molecule has 4 aromatic rings. The predicted molar refractivity (Wildman–Crippen MR) is 116 cm³/mol. The van der Waals surface area contributed by atoms with E-state index in [2.05, 4.69) is 25.6 Å². The van der Waals surface area contributed by atoms with Gasteiger partial charge in [0.05, 0.1) is 5.52 Å². The fourth-order valence-electron chi connectivity index (χ4n) is 3.67. The summed E-state index contributed by atoms with van der Waals surface area (Å²) in [7, 11) is 0. The minimum atomic E-state index is -0.288. The molecule has 0 bridgehead atoms. The highest BCUT2D eigenvalue weighted by atomic mass is 19.1. The van der Waals surface area contributed by atoms with E-state index < -0.39 is 0 Å². The minimum Gasteiger partial charge on any atom is -0.370 e. The van der Waals surface area contributed by atoms with E-state index >= 15 is 0 Å². The molecule has 5 nitrogen and oxygen atoms in total. The molecule has 0 aliphatic heterocycles. The van der Waals surface area contributed by atoms with Gasteiger partial charge in [0.15, 0.2) is 0 Å². The Morgan fingerprint density at radius 3 is 2.43 bits per heavy atom. The molecule has 0 unspecified atom stereocenters. The number of aryl methyl sites for hydroxylation is 3. The van der Waals surface area contributed by atoms with Crippen LogP contribution < -0.4 is 10.6 Å². The maximum Gasteiger partial charge on any atom is 0.147 e. The van der Waals surface area contributed by atoms with Crippen molar-refractivity contribution in [1.82, 2.24) is 15.0 Å². The summed E-state index contributed by atoms with van der Waals surface area (Å²) in [5.41, 5.74) is 4.43. The number of aromatic nitrogens is 3. The third-order valence-corrected chi connectivity index (χ3v) is 5.07. The normalized spacial score (nSPS) is 11.1. The van der Waals surface area contributed by atoms with Gasteiger partial charge < -0.3 is 15.6 Å². The highest BCUT2D eigenvalue weighted by molar-refractivity contribution is 5.88. The summed E-state index contributed by atoms with van der Waals surface area (Å²) in [6.45, 7) is 6.41. The van der Waals surface area contributed by atoms with E-state index in [0.717, 1.165) is 34.3 Å². The van der Waals surface area contributed by atoms with Gasteiger partial charge in [-0.25, -0.2) is 18.7 Å². The van der Waals surface area contributed by atoms with E-state index in [1.54, 1.807) is 12.1 Å². The Morgan fingerprint density at radius 1 is 0.933 bits per heavy atom. The molecular weight excluding hydrogens is 384 g/mol. The van der Waals surface area contributed by atoms with Gasteiger partial charge >= 0.3 is 0 Å². The maximum atomic E-state index is 14.1. The van der Waals surface area contributed by atoms with Crippen molar-refractivity contribution in [3.05, 3.63) is 76.7 Å². The molecule has 7 heteroatoms. The molecule has 0 saturated carbocycles. The highest BCUT2D eigenvalue weighted by Gasteiger charge is 2.14. The van der Waals surface area contributed by atoms with Crippen LogP contribution in [0, 0.1) is 32.4 Å². The number of H-pyrrole nitrogens is 1. The summed E-state index contributed by atoms with van der Waals surface area (Å²) in [6.07, 6.45) is 0.722. The Kier molecular flexibility index (Phi) is 5.35. The van der Waals surface area contributed by atoms with Crippen molar-refractivity contribution in [3.8, 4) is 0 Å². The molecule has 0 spiro atoms. The molecule has 154 valence electrons. The molecule has 0 aliphatic carbocycles. The lowest BCUT2D eigenvalue weighted by Gasteiger charge is -2.11. The van der Waals surface area contributed by atoms with Crippen LogP contribution in [0.3, 0.4) is 0 Å². The van der Waals surface area contributed by atoms with Crippen LogP contribution in [0.4, 0.5) is 26.1 Å². The van der Waals surface area contributed by atoms with Gasteiger partial charge in [-0.05, 0) is 68.7 Å². The van der Waals surface area contributed by atoms with Crippen molar-refractivity contribution < 1.29 is 8.78 Å². The lowest BCUT2D eigenvalue weighted by molar-refractivity contribution is 0.628. The number of nitrogens with zero attached hydrogens (tertiary/aromatic N) is 2. The number of anilines is 3. The third-order valence-electron chi connectivity index (χ3n) is 5.07. The number of nitrogens with one attached hydrogen (secondary N) is 3. The van der Waals surface area contributed by atoms with Gasteiger partial charge in [0, 0.05) is 29.4 Å². The molecule has 3 N–H and O–H groups in total. The molecule has 0 radical (unpaired) electrons. The second-order valence-electron chi connectivity index (χ2n) is 7.34. The summed E-state index contributed by atoms with van der Waals surface area (Å²) in [6, 6.07) is 11.2. The third kappa shape index (κ3) is 4.10. The fourth-order valence-corrected chi connectivity index (χ4v) is 3.67. The lowest BCUT2D eigenvalue weighted by atomic mass is 10.0. The molecule has 0 atom stereocenters. The number of halogens is 2. The van der Waals surface area contributed by atoms with E-state index in [-0.39, 0.29) is 11.6 Å². The first-order chi connectivity index (χ1) is 14.4. The standard InChI is InChI=1S/C23H23F2N5/c1-13-4-9-19(25)23-22(13)18(14(2)27-23)10-11-26-20-12-21(29-15(3)28-20)30-17-7-5-16(24)6-8-17/h4-9,12,27H,10-11H2,1-3H3,(H2,26,28,29,30). The largest absolute Gasteiger partial charge is 0.370 e. The monoisotopic (exact) mass is 407 g/mol. The molecule has 2 aromatic heterocycles. The van der Waals surface area contributed by atoms with Crippen molar-refractivity contribution in [3.63, 3.8) is 0 Å². The van der Waals surface area contributed by atoms with Crippen LogP contribution in [0.15, 0.2) is 42.5 Å². The Balaban J connectivity index is 1.49. The van der Waals surface area contributed by atoms with Crippen LogP contribution >= 0.6 is 0 Å². The van der Waals surface area contributed by atoms with Gasteiger partial charge in [-0.1, -0.05) is 6.07 Å². The lowest BCUT2D eigenvalue weighted by Crippen LogP contribution is -2.09. The van der Waals surface area contributed by atoms with Gasteiger partial charge in [0.2, 0.25) is 0 Å². The van der Waals surface area contributed by atoms with Crippen LogP contribution in [0.25, 0.3) is 10.9 Å². The number of hydrogen-bond donors (Lipinski definition) is 3. The number of hydrogen-bond acceptors (Lipinski definition) is 4. The van der Waals surface area contributed by atoms with Gasteiger partial charge in [-0.3, -0.25) is 0 Å². The number of fused-ring (bicyclic) bond motifs is 1. The van der Waals surface area contributed by atoms with Crippen molar-refractivity contribution in [2.45, 2.75) is 27.2 Å². The average Bonchev–Trinajstić information content (AvgIpc) is 3.04. The van der Waals surface area contributed by atoms with Crippen molar-refractivity contribution >= 4 is 28.2 Å². The molecule has 0 fully saturated rings. The maximum absolute atomic E-state index is 14.1. The Labute approximate surface area is 173 Å². The Morgan fingerprint density at radius 2 is 1.67 bits per heavy atom. The quantitative estimate of drug-likeness (QED) is 0.392. The van der Waals surface area contributed by atoms with Crippen LogP contribution in [0.2, 0.25) is 0 Å². The number of benzene rings is 2. The summed E-state index contributed by atoms with van der Waals surface area (Å²) < 4.78 is 27.2. The number of rotatable bonds is 6. The van der Waals surface area contributed by atoms with Gasteiger partial charge in [0.1, 0.15) is 29.1 Å². The average molecular weight is 407 g/mol. The SMILES string of the molecule is Cc1nc(NCCc2c(C)[nH]c3c(F)ccc(C)c23)cc(Nc2ccc(F)cc2)n1. The zero-order valence-electron chi connectivity index (χ0n) is 17.1. The first kappa shape index (κ1) is 19.8. The second-order valence-corrected chi connectivity index (χ2v) is 7.34. The highest BCUT2D eigenvalue weighted by Crippen LogP contribution is 2.28. The first-order valence-electron chi connectivity index (χ1n) is 9.79. The number of aromatic amines is 1. The molecule has 0 aliphatic rings. The van der Waals surface area contributed by atoms with E-state index in [1.807, 2.05) is 32.9 Å². The molecular formula is C23H23F2N5. The minimum absolute atomic E-state index is 0.235. The van der Waals surface area contributed by atoms with Crippen molar-refractivity contribution in [1.29, 1.82) is 0 Å². The summed E-state index contributed by atoms with van der Waals surface area (Å²) in [5.74, 6) is 1.40.